The highest BCUT2D eigenvalue weighted by Gasteiger charge is 3.00. The van der Waals surface area contributed by atoms with Gasteiger partial charge in [-0.05, 0) is 235 Å². The second-order valence-electron chi connectivity index (χ2n) is 24.8. The van der Waals surface area contributed by atoms with Crippen molar-refractivity contribution in [3.05, 3.63) is 34.0 Å². The van der Waals surface area contributed by atoms with E-state index in [0.717, 1.165) is 131 Å². The summed E-state index contributed by atoms with van der Waals surface area (Å²) in [7, 11) is 1.60. The van der Waals surface area contributed by atoms with E-state index in [1.165, 1.54) is 54.8 Å². The number of hydrogen-bond acceptors (Lipinski definition) is 3. The monoisotopic (exact) mass is 722 g/mol. The lowest BCUT2D eigenvalue weighted by molar-refractivity contribution is -0.154. The topological polar surface area (TPSA) is 26.3 Å². The number of allylic oxidation sites excluding steroid dienone is 2. The molecule has 18 rings (SSSR count). The van der Waals surface area contributed by atoms with E-state index in [0.29, 0.717) is 22.7 Å². The Morgan fingerprint density at radius 3 is 1.85 bits per heavy atom. The SMILES string of the molecule is COC(=O)CCCCC1(c2cccs2)C23C=C4CC5CC6CC7CC8CC9CC%10CC(C2)C2C%11C%10C9C9C8C8C7C6C6C5C5C7C6C8C9C%11C7C2C31C45. The number of methoxy groups -OCH3 is 1. The maximum atomic E-state index is 12.5. The van der Waals surface area contributed by atoms with Crippen molar-refractivity contribution in [2.75, 3.05) is 7.11 Å². The Morgan fingerprint density at radius 2 is 1.21 bits per heavy atom. The number of carbonyl (C=O) groups excluding carboxylic acids is 1. The van der Waals surface area contributed by atoms with E-state index >= 15 is 0 Å². The average molecular weight is 723 g/mol. The van der Waals surface area contributed by atoms with Crippen LogP contribution in [0.1, 0.15) is 81.9 Å². The summed E-state index contributed by atoms with van der Waals surface area (Å²) in [6.45, 7) is 0. The number of thiophene rings is 1. The maximum absolute atomic E-state index is 12.5. The van der Waals surface area contributed by atoms with Gasteiger partial charge in [0.2, 0.25) is 0 Å². The Labute approximate surface area is 319 Å². The Morgan fingerprint density at radius 1 is 0.660 bits per heavy atom. The van der Waals surface area contributed by atoms with Crippen molar-refractivity contribution >= 4 is 17.3 Å². The molecule has 0 radical (unpaired) electrons. The predicted molar refractivity (Wildman–Crippen MR) is 201 cm³/mol. The first-order valence-electron chi connectivity index (χ1n) is 24.0. The molecule has 276 valence electrons. The molecule has 0 bridgehead atoms. The lowest BCUT2D eigenvalue weighted by Gasteiger charge is -2.62. The molecule has 1 aromatic rings. The van der Waals surface area contributed by atoms with E-state index in [9.17, 15) is 4.79 Å². The van der Waals surface area contributed by atoms with Crippen LogP contribution >= 0.6 is 11.3 Å². The van der Waals surface area contributed by atoms with Gasteiger partial charge in [-0.1, -0.05) is 24.1 Å². The van der Waals surface area contributed by atoms with Gasteiger partial charge < -0.3 is 4.74 Å². The summed E-state index contributed by atoms with van der Waals surface area (Å²) >= 11 is 2.18. The van der Waals surface area contributed by atoms with Crippen molar-refractivity contribution in [1.29, 1.82) is 0 Å². The van der Waals surface area contributed by atoms with E-state index < -0.39 is 0 Å². The van der Waals surface area contributed by atoms with Gasteiger partial charge in [-0.15, -0.1) is 11.3 Å². The van der Waals surface area contributed by atoms with Gasteiger partial charge in [0.25, 0.3) is 0 Å². The van der Waals surface area contributed by atoms with Crippen molar-refractivity contribution < 1.29 is 9.53 Å². The molecule has 16 saturated carbocycles. The molecule has 0 N–H and O–H groups in total. The molecule has 3 heteroatoms. The zero-order valence-electron chi connectivity index (χ0n) is 31.6. The number of hydrogen-bond donors (Lipinski definition) is 0. The van der Waals surface area contributed by atoms with Crippen LogP contribution in [0.15, 0.2) is 29.2 Å². The molecule has 1 aromatic heterocycles. The minimum atomic E-state index is 0.0125. The molecule has 1 heterocycles. The molecule has 2 nitrogen and oxygen atoms in total. The fraction of sp³-hybridized carbons (Fsp3) is 0.860. The van der Waals surface area contributed by atoms with Crippen molar-refractivity contribution in [1.82, 2.24) is 0 Å². The molecule has 17 aliphatic rings. The van der Waals surface area contributed by atoms with Crippen molar-refractivity contribution in [3.63, 3.8) is 0 Å². The number of ether oxygens (including phenoxy) is 1. The first kappa shape index (κ1) is 28.3. The third-order valence-electron chi connectivity index (χ3n) is 25.9. The summed E-state index contributed by atoms with van der Waals surface area (Å²) in [6.07, 6.45) is 20.6. The minimum Gasteiger partial charge on any atom is -0.469 e. The van der Waals surface area contributed by atoms with Gasteiger partial charge in [-0.25, -0.2) is 0 Å². The van der Waals surface area contributed by atoms with Gasteiger partial charge in [0.1, 0.15) is 0 Å². The summed E-state index contributed by atoms with van der Waals surface area (Å²) in [4.78, 5) is 14.3. The molecule has 30 atom stereocenters. The smallest absolute Gasteiger partial charge is 0.305 e. The van der Waals surface area contributed by atoms with Crippen LogP contribution in [0.2, 0.25) is 0 Å². The second kappa shape index (κ2) is 8.13. The highest BCUT2D eigenvalue weighted by molar-refractivity contribution is 7.10. The van der Waals surface area contributed by atoms with E-state index in [1.807, 2.05) is 4.88 Å². The van der Waals surface area contributed by atoms with Crippen LogP contribution in [-0.4, -0.2) is 13.1 Å². The number of rotatable bonds is 6. The molecule has 30 unspecified atom stereocenters. The molecular weight excluding hydrogens is 665 g/mol. The molecule has 17 aliphatic carbocycles. The van der Waals surface area contributed by atoms with Crippen LogP contribution < -0.4 is 0 Å². The highest BCUT2D eigenvalue weighted by atomic mass is 32.1. The van der Waals surface area contributed by atoms with Gasteiger partial charge in [0.05, 0.1) is 7.11 Å². The van der Waals surface area contributed by atoms with Crippen LogP contribution in [0, 0.1) is 171 Å². The maximum Gasteiger partial charge on any atom is 0.305 e. The minimum absolute atomic E-state index is 0.0125. The second-order valence-corrected chi connectivity index (χ2v) is 25.7. The van der Waals surface area contributed by atoms with E-state index in [-0.39, 0.29) is 5.97 Å². The van der Waals surface area contributed by atoms with Crippen molar-refractivity contribution in [2.24, 2.45) is 171 Å². The van der Waals surface area contributed by atoms with Crippen molar-refractivity contribution in [3.8, 4) is 0 Å². The Kier molecular flexibility index (Phi) is 4.35. The molecule has 0 amide bonds. The Bertz CT molecular complexity index is 2020. The molecule has 16 fully saturated rings. The predicted octanol–water partition coefficient (Wildman–Crippen LogP) is 9.61. The van der Waals surface area contributed by atoms with Crippen LogP contribution in [-0.2, 0) is 14.9 Å². The average Bonchev–Trinajstić information content (AvgIpc) is 3.96. The first-order valence-corrected chi connectivity index (χ1v) is 24.8. The summed E-state index contributed by atoms with van der Waals surface area (Å²) in [5.41, 5.74) is 3.37. The zero-order chi connectivity index (χ0) is 33.5. The third-order valence-corrected chi connectivity index (χ3v) is 26.9. The fourth-order valence-corrected chi connectivity index (χ4v) is 28.8. The summed E-state index contributed by atoms with van der Waals surface area (Å²) < 4.78 is 5.21. The van der Waals surface area contributed by atoms with E-state index in [2.05, 4.69) is 40.5 Å². The van der Waals surface area contributed by atoms with Gasteiger partial charge in [0, 0.05) is 27.5 Å². The molecule has 0 aliphatic heterocycles. The van der Waals surface area contributed by atoms with E-state index in [4.69, 9.17) is 4.74 Å². The van der Waals surface area contributed by atoms with Crippen LogP contribution in [0.5, 0.6) is 0 Å². The summed E-state index contributed by atoms with van der Waals surface area (Å²) in [6, 6.07) is 5.13. The van der Waals surface area contributed by atoms with Crippen LogP contribution in [0.4, 0.5) is 0 Å². The summed E-state index contributed by atoms with van der Waals surface area (Å²) in [5.74, 6) is 30.2. The molecule has 0 saturated heterocycles. The van der Waals surface area contributed by atoms with Gasteiger partial charge in [0.15, 0.2) is 0 Å². The number of carbonyl (C=O) groups is 1. The zero-order valence-corrected chi connectivity index (χ0v) is 32.4. The fourth-order valence-electron chi connectivity index (χ4n) is 27.7. The first-order chi connectivity index (χ1) is 26.1. The van der Waals surface area contributed by atoms with Crippen LogP contribution in [0.25, 0.3) is 0 Å². The van der Waals surface area contributed by atoms with Crippen molar-refractivity contribution in [2.45, 2.75) is 82.5 Å². The summed E-state index contributed by atoms with van der Waals surface area (Å²) in [5, 5.41) is 2.48. The molecule has 53 heavy (non-hydrogen) atoms. The lowest BCUT2D eigenvalue weighted by Crippen LogP contribution is -2.59. The number of esters is 1. The Hall–Kier alpha value is -1.09. The van der Waals surface area contributed by atoms with Gasteiger partial charge >= 0.3 is 5.97 Å². The normalized spacial score (nSPS) is 72.9. The van der Waals surface area contributed by atoms with E-state index in [1.54, 1.807) is 52.1 Å². The molecule has 1 spiro atoms. The number of unbranched alkanes of at least 4 members (excludes halogenated alkanes) is 1. The quantitative estimate of drug-likeness (QED) is 0.166. The Balaban J connectivity index is 0.937. The third kappa shape index (κ3) is 2.32. The molecular formula is C50H58O2S. The van der Waals surface area contributed by atoms with Gasteiger partial charge in [-0.2, -0.15) is 0 Å². The standard InChI is InChI=1S/C50H58O2S/c1-52-27(51)6-2-3-7-49(26-5-4-8-53-26)48-16-24-14-22-12-20-11-21-10-18-9-19-13-23-15-25(17-48)46-44-33(23)37-29(19)28(18)35-32(21)36-30(20)31(22)38-34(24)47(50(46,48)49)45-42(38)40(36)39(35)41(37)43(44)45/h4-5,8,17-24,28-47H,2-3,6-7,9-16H2,1H3. The highest BCUT2D eigenvalue weighted by Crippen LogP contribution is 3.03. The van der Waals surface area contributed by atoms with Gasteiger partial charge in [-0.3, -0.25) is 4.79 Å². The van der Waals surface area contributed by atoms with Crippen LogP contribution in [0.3, 0.4) is 0 Å². The molecule has 0 aromatic carbocycles. The lowest BCUT2D eigenvalue weighted by atomic mass is 9.41. The largest absolute Gasteiger partial charge is 0.469 e.